The number of furan rings is 1. The van der Waals surface area contributed by atoms with Gasteiger partial charge in [-0.2, -0.15) is 0 Å². The number of halogens is 1. The van der Waals surface area contributed by atoms with Gasteiger partial charge in [-0.15, -0.1) is 0 Å². The third-order valence-corrected chi connectivity index (χ3v) is 4.35. The number of carbonyl (C=O) groups excluding carboxylic acids is 1. The third kappa shape index (κ3) is 1.99. The van der Waals surface area contributed by atoms with Crippen LogP contribution in [0, 0.1) is 0 Å². The number of carbonyl (C=O) groups is 1. The number of hydrogen-bond donors (Lipinski definition) is 0. The molecule has 0 spiro atoms. The van der Waals surface area contributed by atoms with E-state index in [-0.39, 0.29) is 0 Å². The van der Waals surface area contributed by atoms with Crippen molar-refractivity contribution >= 4 is 34.9 Å². The quantitative estimate of drug-likeness (QED) is 0.583. The molecule has 0 unspecified atom stereocenters. The highest BCUT2D eigenvalue weighted by atomic mass is 35.5. The highest BCUT2D eigenvalue weighted by molar-refractivity contribution is 6.31. The van der Waals surface area contributed by atoms with Crippen molar-refractivity contribution in [1.29, 1.82) is 0 Å². The maximum atomic E-state index is 11.4. The molecule has 0 N–H and O–H groups in total. The zero-order valence-corrected chi connectivity index (χ0v) is 12.6. The molecule has 0 radical (unpaired) electrons. The minimum atomic E-state index is 0.555. The zero-order chi connectivity index (χ0) is 15.1. The molecular weight excluding hydrogens is 296 g/mol. The minimum Gasteiger partial charge on any atom is -0.456 e. The van der Waals surface area contributed by atoms with Gasteiger partial charge in [0.15, 0.2) is 6.29 Å². The summed E-state index contributed by atoms with van der Waals surface area (Å²) < 4.78 is 6.07. The summed E-state index contributed by atoms with van der Waals surface area (Å²) in [4.78, 5) is 11.4. The van der Waals surface area contributed by atoms with Crippen LogP contribution in [0.4, 0.5) is 0 Å². The molecule has 1 aromatic heterocycles. The Morgan fingerprint density at radius 2 is 2.05 bits per heavy atom. The van der Waals surface area contributed by atoms with Gasteiger partial charge in [0, 0.05) is 27.1 Å². The summed E-state index contributed by atoms with van der Waals surface area (Å²) in [6.45, 7) is 0. The first kappa shape index (κ1) is 13.4. The Kier molecular flexibility index (Phi) is 3.12. The second-order valence-electron chi connectivity index (χ2n) is 5.42. The van der Waals surface area contributed by atoms with Gasteiger partial charge >= 0.3 is 0 Å². The molecule has 0 amide bonds. The molecule has 1 aliphatic carbocycles. The Morgan fingerprint density at radius 1 is 1.14 bits per heavy atom. The summed E-state index contributed by atoms with van der Waals surface area (Å²) in [5.74, 6) is 0.926. The van der Waals surface area contributed by atoms with Crippen LogP contribution in [0.25, 0.3) is 28.2 Å². The summed E-state index contributed by atoms with van der Waals surface area (Å²) in [7, 11) is 0. The number of hydrogen-bond acceptors (Lipinski definition) is 2. The second-order valence-corrected chi connectivity index (χ2v) is 5.85. The molecule has 2 nitrogen and oxygen atoms in total. The Morgan fingerprint density at radius 3 is 2.91 bits per heavy atom. The van der Waals surface area contributed by atoms with Crippen molar-refractivity contribution < 1.29 is 9.21 Å². The molecule has 0 aliphatic heterocycles. The number of rotatable bonds is 2. The van der Waals surface area contributed by atoms with Crippen LogP contribution in [0.5, 0.6) is 0 Å². The van der Waals surface area contributed by atoms with Gasteiger partial charge in [0.1, 0.15) is 11.3 Å². The number of benzene rings is 2. The zero-order valence-electron chi connectivity index (χ0n) is 11.8. The van der Waals surface area contributed by atoms with Crippen LogP contribution in [0.15, 0.2) is 46.9 Å². The van der Waals surface area contributed by atoms with E-state index in [9.17, 15) is 4.79 Å². The van der Waals surface area contributed by atoms with E-state index in [1.165, 1.54) is 5.56 Å². The van der Waals surface area contributed by atoms with E-state index in [1.807, 2.05) is 24.3 Å². The number of aldehydes is 1. The summed E-state index contributed by atoms with van der Waals surface area (Å²) in [5.41, 5.74) is 4.44. The normalized spacial score (nSPS) is 13.3. The van der Waals surface area contributed by atoms with Crippen molar-refractivity contribution in [1.82, 2.24) is 0 Å². The van der Waals surface area contributed by atoms with E-state index < -0.39 is 0 Å². The number of fused-ring (bicyclic) bond motifs is 3. The Labute approximate surface area is 133 Å². The molecule has 0 saturated carbocycles. The monoisotopic (exact) mass is 308 g/mol. The van der Waals surface area contributed by atoms with Crippen LogP contribution in [0.3, 0.4) is 0 Å². The minimum absolute atomic E-state index is 0.555. The van der Waals surface area contributed by atoms with Gasteiger partial charge in [0.25, 0.3) is 0 Å². The van der Waals surface area contributed by atoms with Gasteiger partial charge in [0.2, 0.25) is 0 Å². The summed E-state index contributed by atoms with van der Waals surface area (Å²) in [5, 5.41) is 1.68. The van der Waals surface area contributed by atoms with Crippen molar-refractivity contribution in [2.75, 3.05) is 0 Å². The molecule has 3 aromatic rings. The summed E-state index contributed by atoms with van der Waals surface area (Å²) >= 11 is 5.99. The van der Waals surface area contributed by atoms with Gasteiger partial charge in [-0.05, 0) is 36.6 Å². The van der Waals surface area contributed by atoms with Crippen molar-refractivity contribution in [3.05, 3.63) is 64.4 Å². The van der Waals surface area contributed by atoms with Crippen LogP contribution < -0.4 is 0 Å². The number of aryl methyl sites for hydroxylation is 1. The number of allylic oxidation sites excluding steroid dienone is 1. The maximum Gasteiger partial charge on any atom is 0.150 e. The first-order valence-electron chi connectivity index (χ1n) is 7.24. The standard InChI is InChI=1S/C19H13ClO2/c20-13-8-9-14(12(10-13)11-21)16-5-3-6-17-15-4-1-2-7-18(15)22-19(16)17/h2-3,5-11H,1,4H2. The molecule has 0 bridgehead atoms. The van der Waals surface area contributed by atoms with Crippen LogP contribution >= 0.6 is 11.6 Å². The van der Waals surface area contributed by atoms with Gasteiger partial charge < -0.3 is 4.42 Å². The van der Waals surface area contributed by atoms with E-state index in [4.69, 9.17) is 16.0 Å². The molecule has 2 aromatic carbocycles. The van der Waals surface area contributed by atoms with Crippen molar-refractivity contribution in [2.45, 2.75) is 12.8 Å². The van der Waals surface area contributed by atoms with Crippen LogP contribution in [-0.4, -0.2) is 6.29 Å². The SMILES string of the molecule is O=Cc1cc(Cl)ccc1-c1cccc2c3c(oc12)C=CCC3. The number of para-hydroxylation sites is 1. The van der Waals surface area contributed by atoms with Crippen LogP contribution in [0.2, 0.25) is 5.02 Å². The fourth-order valence-corrected chi connectivity index (χ4v) is 3.27. The highest BCUT2D eigenvalue weighted by Gasteiger charge is 2.18. The lowest BCUT2D eigenvalue weighted by atomic mass is 9.96. The maximum absolute atomic E-state index is 11.4. The predicted octanol–water partition coefficient (Wildman–Crippen LogP) is 5.53. The Hall–Kier alpha value is -2.32. The first-order valence-corrected chi connectivity index (χ1v) is 7.62. The largest absolute Gasteiger partial charge is 0.456 e. The van der Waals surface area contributed by atoms with Crippen molar-refractivity contribution in [3.63, 3.8) is 0 Å². The van der Waals surface area contributed by atoms with E-state index in [0.29, 0.717) is 10.6 Å². The molecule has 0 atom stereocenters. The Bertz CT molecular complexity index is 919. The molecule has 0 fully saturated rings. The fourth-order valence-electron chi connectivity index (χ4n) is 3.09. The van der Waals surface area contributed by atoms with Crippen LogP contribution in [0.1, 0.15) is 28.1 Å². The van der Waals surface area contributed by atoms with E-state index in [2.05, 4.69) is 12.1 Å². The molecular formula is C19H13ClO2. The van der Waals surface area contributed by atoms with Gasteiger partial charge in [0.05, 0.1) is 0 Å². The average molecular weight is 309 g/mol. The smallest absolute Gasteiger partial charge is 0.150 e. The lowest BCUT2D eigenvalue weighted by Crippen LogP contribution is -1.90. The third-order valence-electron chi connectivity index (χ3n) is 4.11. The predicted molar refractivity (Wildman–Crippen MR) is 89.4 cm³/mol. The highest BCUT2D eigenvalue weighted by Crippen LogP contribution is 2.38. The molecule has 0 saturated heterocycles. The first-order chi connectivity index (χ1) is 10.8. The van der Waals surface area contributed by atoms with Gasteiger partial charge in [-0.3, -0.25) is 4.79 Å². The molecule has 4 rings (SSSR count). The average Bonchev–Trinajstić information content (AvgIpc) is 2.93. The molecule has 3 heteroatoms. The van der Waals surface area contributed by atoms with Crippen molar-refractivity contribution in [3.8, 4) is 11.1 Å². The van der Waals surface area contributed by atoms with Crippen molar-refractivity contribution in [2.24, 2.45) is 0 Å². The van der Waals surface area contributed by atoms with E-state index in [0.717, 1.165) is 47.0 Å². The lowest BCUT2D eigenvalue weighted by Gasteiger charge is -2.06. The lowest BCUT2D eigenvalue weighted by molar-refractivity contribution is 0.112. The van der Waals surface area contributed by atoms with E-state index >= 15 is 0 Å². The Balaban J connectivity index is 2.02. The van der Waals surface area contributed by atoms with E-state index in [1.54, 1.807) is 12.1 Å². The molecule has 1 heterocycles. The van der Waals surface area contributed by atoms with Gasteiger partial charge in [-0.1, -0.05) is 41.9 Å². The second kappa shape index (κ2) is 5.15. The van der Waals surface area contributed by atoms with Gasteiger partial charge in [-0.25, -0.2) is 0 Å². The topological polar surface area (TPSA) is 30.2 Å². The van der Waals surface area contributed by atoms with Crippen LogP contribution in [-0.2, 0) is 6.42 Å². The summed E-state index contributed by atoms with van der Waals surface area (Å²) in [6, 6.07) is 11.4. The molecule has 22 heavy (non-hydrogen) atoms. The molecule has 1 aliphatic rings. The fraction of sp³-hybridized carbons (Fsp3) is 0.105. The molecule has 108 valence electrons. The summed E-state index contributed by atoms with van der Waals surface area (Å²) in [6.07, 6.45) is 7.02.